The fourth-order valence-electron chi connectivity index (χ4n) is 1.35. The van der Waals surface area contributed by atoms with Crippen molar-refractivity contribution in [2.75, 3.05) is 5.88 Å². The van der Waals surface area contributed by atoms with Crippen molar-refractivity contribution in [3.05, 3.63) is 30.6 Å². The lowest BCUT2D eigenvalue weighted by molar-refractivity contribution is -0.703. The van der Waals surface area contributed by atoms with Crippen molar-refractivity contribution in [3.63, 3.8) is 0 Å². The van der Waals surface area contributed by atoms with Gasteiger partial charge < -0.3 is 15.0 Å². The first-order chi connectivity index (χ1) is 12.0. The number of aliphatic hydroxyl groups excluding tert-OH is 1. The molecule has 0 bridgehead atoms. The number of alkyl halides is 10. The van der Waals surface area contributed by atoms with Crippen LogP contribution >= 0.6 is 11.6 Å². The van der Waals surface area contributed by atoms with Crippen molar-refractivity contribution >= 4 is 17.6 Å². The van der Waals surface area contributed by atoms with Gasteiger partial charge >= 0.3 is 23.9 Å². The number of nitrogens with zero attached hydrogens (tertiary/aromatic N) is 1. The average molecular weight is 436 g/mol. The van der Waals surface area contributed by atoms with Crippen molar-refractivity contribution in [2.45, 2.75) is 36.6 Å². The second-order valence-electron chi connectivity index (χ2n) is 4.89. The maximum atomic E-state index is 12.1. The Hall–Kier alpha value is -1.76. The maximum absolute atomic E-state index is 12.1. The third kappa shape index (κ3) is 5.86. The highest BCUT2D eigenvalue weighted by molar-refractivity contribution is 6.18. The highest BCUT2D eigenvalue weighted by Crippen LogP contribution is 2.52. The lowest BCUT2D eigenvalue weighted by Gasteiger charge is -2.33. The molecule has 0 spiro atoms. The van der Waals surface area contributed by atoms with Gasteiger partial charge in [0, 0.05) is 12.1 Å². The van der Waals surface area contributed by atoms with Crippen LogP contribution in [0.2, 0.25) is 0 Å². The summed E-state index contributed by atoms with van der Waals surface area (Å²) in [6.45, 7) is 0.560. The molecule has 1 atom stereocenters. The van der Waals surface area contributed by atoms with Crippen molar-refractivity contribution < 1.29 is 59.1 Å². The Kier molecular flexibility index (Phi) is 8.37. The molecule has 0 amide bonds. The summed E-state index contributed by atoms with van der Waals surface area (Å²) in [5.41, 5.74) is 0. The number of hydrogen-bond donors (Lipinski definition) is 1. The van der Waals surface area contributed by atoms with Crippen LogP contribution in [0.1, 0.15) is 0 Å². The molecular weight excluding hydrogens is 425 g/mol. The van der Waals surface area contributed by atoms with Gasteiger partial charge in [0.2, 0.25) is 0 Å². The van der Waals surface area contributed by atoms with Crippen LogP contribution in [0.15, 0.2) is 30.6 Å². The Balaban J connectivity index is 0.000000533. The van der Waals surface area contributed by atoms with E-state index in [1.165, 1.54) is 0 Å². The summed E-state index contributed by atoms with van der Waals surface area (Å²) in [6.07, 6.45) is -3.69. The van der Waals surface area contributed by atoms with E-state index in [-0.39, 0.29) is 5.88 Å². The number of pyridine rings is 1. The highest BCUT2D eigenvalue weighted by atomic mass is 35.5. The third-order valence-electron chi connectivity index (χ3n) is 2.78. The number of carbonyl (C=O) groups is 1. The minimum Gasteiger partial charge on any atom is -0.544 e. The number of aliphatic hydroxyl groups is 1. The minimum atomic E-state index is -7.20. The predicted octanol–water partition coefficient (Wildman–Crippen LogP) is 1.78. The molecule has 0 saturated carbocycles. The van der Waals surface area contributed by atoms with Crippen molar-refractivity contribution in [2.24, 2.45) is 0 Å². The van der Waals surface area contributed by atoms with Gasteiger partial charge in [0.25, 0.3) is 0 Å². The minimum absolute atomic E-state index is 0.280. The van der Waals surface area contributed by atoms with Gasteiger partial charge in [-0.2, -0.15) is 39.5 Å². The smallest absolute Gasteiger partial charge is 0.460 e. The molecule has 1 aromatic heterocycles. The number of halogens is 10. The van der Waals surface area contributed by atoms with Crippen LogP contribution in [0.25, 0.3) is 0 Å². The van der Waals surface area contributed by atoms with E-state index < -0.39 is 36.0 Å². The van der Waals surface area contributed by atoms with Gasteiger partial charge in [-0.3, -0.25) is 0 Å². The first-order valence-corrected chi connectivity index (χ1v) is 7.15. The largest absolute Gasteiger partial charge is 0.544 e. The molecule has 1 heterocycles. The van der Waals surface area contributed by atoms with Gasteiger partial charge in [0.05, 0.1) is 5.88 Å². The van der Waals surface area contributed by atoms with Crippen LogP contribution in [-0.4, -0.2) is 47.0 Å². The van der Waals surface area contributed by atoms with Gasteiger partial charge in [0.1, 0.15) is 12.1 Å². The number of hydrogen-bond acceptors (Lipinski definition) is 3. The van der Waals surface area contributed by atoms with E-state index in [9.17, 15) is 49.4 Å². The highest BCUT2D eigenvalue weighted by Gasteiger charge is 2.82. The topological polar surface area (TPSA) is 64.2 Å². The second-order valence-corrected chi connectivity index (χ2v) is 5.20. The summed E-state index contributed by atoms with van der Waals surface area (Å²) >= 11 is 5.44. The molecule has 0 aliphatic rings. The van der Waals surface area contributed by atoms with E-state index in [1.54, 1.807) is 0 Å². The van der Waals surface area contributed by atoms with Gasteiger partial charge in [-0.05, 0) is 0 Å². The number of aromatic nitrogens is 1. The van der Waals surface area contributed by atoms with Crippen molar-refractivity contribution in [1.82, 2.24) is 0 Å². The molecule has 0 aromatic carbocycles. The monoisotopic (exact) mass is 435 g/mol. The molecule has 1 unspecified atom stereocenters. The number of carbonyl (C=O) groups excluding carboxylic acids is 1. The van der Waals surface area contributed by atoms with Crippen LogP contribution in [0, 0.1) is 0 Å². The predicted molar refractivity (Wildman–Crippen MR) is 69.3 cm³/mol. The van der Waals surface area contributed by atoms with Crippen LogP contribution in [0.3, 0.4) is 0 Å². The van der Waals surface area contributed by atoms with Gasteiger partial charge in [-0.25, -0.2) is 4.57 Å². The molecule has 0 aliphatic carbocycles. The Morgan fingerprint density at radius 3 is 1.74 bits per heavy atom. The molecule has 1 aromatic rings. The average Bonchev–Trinajstić information content (AvgIpc) is 2.54. The zero-order chi connectivity index (χ0) is 21.7. The Morgan fingerprint density at radius 2 is 1.41 bits per heavy atom. The third-order valence-corrected chi connectivity index (χ3v) is 3.13. The summed E-state index contributed by atoms with van der Waals surface area (Å²) < 4.78 is 108. The Morgan fingerprint density at radius 1 is 0.963 bits per heavy atom. The first kappa shape index (κ1) is 25.2. The lowest BCUT2D eigenvalue weighted by Crippen LogP contribution is -2.65. The van der Waals surface area contributed by atoms with Crippen LogP contribution in [-0.2, 0) is 11.3 Å². The number of aliphatic carboxylic acids is 1. The fourth-order valence-corrected chi connectivity index (χ4v) is 1.45. The van der Waals surface area contributed by atoms with Gasteiger partial charge in [-0.1, -0.05) is 6.07 Å². The van der Waals surface area contributed by atoms with E-state index in [0.29, 0.717) is 6.54 Å². The normalized spacial score (nSPS) is 14.2. The van der Waals surface area contributed by atoms with Crippen molar-refractivity contribution in [3.8, 4) is 0 Å². The lowest BCUT2D eigenvalue weighted by atomic mass is 10.0. The summed E-state index contributed by atoms with van der Waals surface area (Å²) in [4.78, 5) is 9.40. The number of carboxylic acids is 1. The molecule has 0 aliphatic heterocycles. The first-order valence-electron chi connectivity index (χ1n) is 6.62. The summed E-state index contributed by atoms with van der Waals surface area (Å²) in [5.74, 6) is -24.8. The zero-order valence-electron chi connectivity index (χ0n) is 12.9. The van der Waals surface area contributed by atoms with Crippen molar-refractivity contribution in [1.29, 1.82) is 0 Å². The van der Waals surface area contributed by atoms with E-state index in [1.807, 2.05) is 35.2 Å². The van der Waals surface area contributed by atoms with E-state index in [2.05, 4.69) is 0 Å². The zero-order valence-corrected chi connectivity index (χ0v) is 13.6. The molecule has 0 fully saturated rings. The molecule has 1 rings (SSSR count). The molecule has 0 radical (unpaired) electrons. The Bertz CT molecular complexity index is 611. The van der Waals surface area contributed by atoms with Crippen LogP contribution in [0.4, 0.5) is 39.5 Å². The molecule has 0 saturated heterocycles. The molecular formula is C13H11ClF9NO3. The van der Waals surface area contributed by atoms with E-state index in [0.717, 1.165) is 0 Å². The quantitative estimate of drug-likeness (QED) is 0.421. The molecule has 1 N–H and O–H groups in total. The molecule has 156 valence electrons. The second kappa shape index (κ2) is 8.95. The standard InChI is InChI=1S/C8H11ClNO.C5HF9O2/c9-6-8(11)7-10-4-2-1-3-5-10;6-2(7,1(15)16)3(8,9)4(10,11)5(12,13)14/h1-5,8,11H,6-7H2;(H,15,16)/q+1;/p-1. The summed E-state index contributed by atoms with van der Waals surface area (Å²) in [6, 6.07) is 5.77. The van der Waals surface area contributed by atoms with E-state index >= 15 is 0 Å². The molecule has 27 heavy (non-hydrogen) atoms. The summed E-state index contributed by atoms with van der Waals surface area (Å²) in [7, 11) is 0. The fraction of sp³-hybridized carbons (Fsp3) is 0.538. The van der Waals surface area contributed by atoms with E-state index in [4.69, 9.17) is 16.7 Å². The number of rotatable bonds is 6. The number of carboxylic acid groups (broad SMARTS) is 1. The van der Waals surface area contributed by atoms with Crippen LogP contribution < -0.4 is 9.67 Å². The Labute approximate surface area is 150 Å². The van der Waals surface area contributed by atoms with Gasteiger partial charge in [-0.15, -0.1) is 11.6 Å². The summed E-state index contributed by atoms with van der Waals surface area (Å²) in [5, 5.41) is 18.6. The molecule has 4 nitrogen and oxygen atoms in total. The molecule has 14 heteroatoms. The maximum Gasteiger partial charge on any atom is 0.460 e. The SMILES string of the molecule is O=C([O-])C(F)(F)C(F)(F)C(F)(F)C(F)(F)F.OC(CCl)C[n+]1ccccc1. The van der Waals surface area contributed by atoms with Crippen LogP contribution in [0.5, 0.6) is 0 Å². The van der Waals surface area contributed by atoms with Gasteiger partial charge in [0.15, 0.2) is 18.9 Å².